The van der Waals surface area contributed by atoms with E-state index < -0.39 is 0 Å². The van der Waals surface area contributed by atoms with Crippen molar-refractivity contribution in [3.05, 3.63) is 0 Å². The first-order valence-electron chi connectivity index (χ1n) is 6.06. The van der Waals surface area contributed by atoms with Crippen molar-refractivity contribution < 1.29 is 9.59 Å². The summed E-state index contributed by atoms with van der Waals surface area (Å²) in [5.74, 6) is 0.569. The van der Waals surface area contributed by atoms with Gasteiger partial charge in [0.1, 0.15) is 0 Å². The molecule has 2 atom stereocenters. The van der Waals surface area contributed by atoms with Gasteiger partial charge in [-0.15, -0.1) is 0 Å². The summed E-state index contributed by atoms with van der Waals surface area (Å²) in [5, 5.41) is 5.99. The Morgan fingerprint density at radius 3 is 2.81 bits per heavy atom. The molecular weight excluding hydrogens is 206 g/mol. The lowest BCUT2D eigenvalue weighted by Crippen LogP contribution is -2.57. The van der Waals surface area contributed by atoms with E-state index in [1.54, 1.807) is 0 Å². The topological polar surface area (TPSA) is 61.4 Å². The molecule has 3 rings (SSSR count). The van der Waals surface area contributed by atoms with Gasteiger partial charge < -0.3 is 15.5 Å². The van der Waals surface area contributed by atoms with Crippen LogP contribution in [0.5, 0.6) is 0 Å². The number of carbonyl (C=O) groups is 2. The fourth-order valence-electron chi connectivity index (χ4n) is 2.92. The predicted octanol–water partition coefficient (Wildman–Crippen LogP) is -1.06. The van der Waals surface area contributed by atoms with Gasteiger partial charge in [0.25, 0.3) is 0 Å². The number of rotatable bonds is 1. The maximum Gasteiger partial charge on any atom is 0.228 e. The van der Waals surface area contributed by atoms with Gasteiger partial charge >= 0.3 is 0 Å². The fraction of sp³-hybridized carbons (Fsp3) is 0.818. The molecule has 3 heterocycles. The van der Waals surface area contributed by atoms with Crippen molar-refractivity contribution in [3.63, 3.8) is 0 Å². The summed E-state index contributed by atoms with van der Waals surface area (Å²) >= 11 is 0. The maximum atomic E-state index is 12.2. The highest BCUT2D eigenvalue weighted by Gasteiger charge is 2.44. The number of hydrogen-bond donors (Lipinski definition) is 2. The number of nitrogens with one attached hydrogen (secondary N) is 2. The van der Waals surface area contributed by atoms with E-state index in [2.05, 4.69) is 10.6 Å². The Balaban J connectivity index is 1.74. The molecule has 3 saturated heterocycles. The second-order valence-electron chi connectivity index (χ2n) is 4.95. The standard InChI is InChI=1S/C11H17N3O2/c15-10-8-2-1-3-14(9(8)6-13-10)11(16)7-4-12-5-7/h7-9,12H,1-6H2,(H,13,15). The SMILES string of the molecule is O=C1NCC2C1CCCN2C(=O)C1CNC1. The van der Waals surface area contributed by atoms with Crippen LogP contribution in [-0.4, -0.2) is 48.9 Å². The van der Waals surface area contributed by atoms with E-state index in [0.29, 0.717) is 6.54 Å². The Morgan fingerprint density at radius 1 is 1.31 bits per heavy atom. The second kappa shape index (κ2) is 3.73. The first-order valence-corrected chi connectivity index (χ1v) is 6.06. The van der Waals surface area contributed by atoms with E-state index in [-0.39, 0.29) is 29.7 Å². The molecule has 88 valence electrons. The second-order valence-corrected chi connectivity index (χ2v) is 4.95. The zero-order valence-corrected chi connectivity index (χ0v) is 9.24. The molecule has 0 radical (unpaired) electrons. The van der Waals surface area contributed by atoms with Crippen LogP contribution in [0.1, 0.15) is 12.8 Å². The first kappa shape index (κ1) is 10.1. The Hall–Kier alpha value is -1.10. The first-order chi connectivity index (χ1) is 7.77. The van der Waals surface area contributed by atoms with Crippen LogP contribution < -0.4 is 10.6 Å². The van der Waals surface area contributed by atoms with Gasteiger partial charge in [0.05, 0.1) is 17.9 Å². The molecule has 0 saturated carbocycles. The minimum Gasteiger partial charge on any atom is -0.354 e. The summed E-state index contributed by atoms with van der Waals surface area (Å²) in [5.41, 5.74) is 0. The van der Waals surface area contributed by atoms with E-state index in [1.165, 1.54) is 0 Å². The minimum atomic E-state index is 0.0470. The monoisotopic (exact) mass is 223 g/mol. The molecule has 0 aromatic heterocycles. The van der Waals surface area contributed by atoms with E-state index in [4.69, 9.17) is 0 Å². The van der Waals surface area contributed by atoms with Crippen molar-refractivity contribution in [1.82, 2.24) is 15.5 Å². The van der Waals surface area contributed by atoms with E-state index in [0.717, 1.165) is 32.5 Å². The lowest BCUT2D eigenvalue weighted by Gasteiger charge is -2.40. The van der Waals surface area contributed by atoms with Gasteiger partial charge in [-0.25, -0.2) is 0 Å². The summed E-state index contributed by atoms with van der Waals surface area (Å²) < 4.78 is 0. The maximum absolute atomic E-state index is 12.2. The number of nitrogens with zero attached hydrogens (tertiary/aromatic N) is 1. The summed E-state index contributed by atoms with van der Waals surface area (Å²) in [6.07, 6.45) is 1.89. The summed E-state index contributed by atoms with van der Waals surface area (Å²) in [6.45, 7) is 3.07. The largest absolute Gasteiger partial charge is 0.354 e. The minimum absolute atomic E-state index is 0.0470. The molecule has 3 aliphatic heterocycles. The van der Waals surface area contributed by atoms with Crippen LogP contribution in [0.2, 0.25) is 0 Å². The Kier molecular flexibility index (Phi) is 2.35. The molecule has 0 bridgehead atoms. The smallest absolute Gasteiger partial charge is 0.228 e. The van der Waals surface area contributed by atoms with Crippen molar-refractivity contribution in [2.75, 3.05) is 26.2 Å². The molecule has 5 nitrogen and oxygen atoms in total. The lowest BCUT2D eigenvalue weighted by molar-refractivity contribution is -0.142. The number of likely N-dealkylation sites (tertiary alicyclic amines) is 1. The van der Waals surface area contributed by atoms with Crippen LogP contribution >= 0.6 is 0 Å². The molecule has 0 spiro atoms. The molecule has 16 heavy (non-hydrogen) atoms. The number of carbonyl (C=O) groups excluding carboxylic acids is 2. The van der Waals surface area contributed by atoms with Crippen LogP contribution in [0.25, 0.3) is 0 Å². The van der Waals surface area contributed by atoms with Crippen LogP contribution in [0.15, 0.2) is 0 Å². The van der Waals surface area contributed by atoms with Crippen molar-refractivity contribution in [3.8, 4) is 0 Å². The summed E-state index contributed by atoms with van der Waals surface area (Å²) in [6, 6.07) is 0.120. The van der Waals surface area contributed by atoms with Crippen molar-refractivity contribution >= 4 is 11.8 Å². The average Bonchev–Trinajstić information content (AvgIpc) is 2.58. The third-order valence-electron chi connectivity index (χ3n) is 4.01. The number of fused-ring (bicyclic) bond motifs is 1. The molecule has 5 heteroatoms. The van der Waals surface area contributed by atoms with Gasteiger partial charge in [-0.2, -0.15) is 0 Å². The number of amides is 2. The van der Waals surface area contributed by atoms with Gasteiger partial charge in [0.15, 0.2) is 0 Å². The van der Waals surface area contributed by atoms with Gasteiger partial charge in [-0.3, -0.25) is 9.59 Å². The van der Waals surface area contributed by atoms with Crippen LogP contribution in [0, 0.1) is 11.8 Å². The molecular formula is C11H17N3O2. The van der Waals surface area contributed by atoms with E-state index in [9.17, 15) is 9.59 Å². The number of hydrogen-bond acceptors (Lipinski definition) is 3. The molecule has 3 aliphatic rings. The van der Waals surface area contributed by atoms with Crippen LogP contribution in [-0.2, 0) is 9.59 Å². The Morgan fingerprint density at radius 2 is 2.12 bits per heavy atom. The average molecular weight is 223 g/mol. The highest BCUT2D eigenvalue weighted by atomic mass is 16.2. The normalized spacial score (nSPS) is 34.2. The number of piperidine rings is 1. The highest BCUT2D eigenvalue weighted by Crippen LogP contribution is 2.28. The fourth-order valence-corrected chi connectivity index (χ4v) is 2.92. The third kappa shape index (κ3) is 1.42. The lowest BCUT2D eigenvalue weighted by atomic mass is 9.89. The van der Waals surface area contributed by atoms with E-state index >= 15 is 0 Å². The van der Waals surface area contributed by atoms with Crippen LogP contribution in [0.3, 0.4) is 0 Å². The van der Waals surface area contributed by atoms with Gasteiger partial charge in [0, 0.05) is 26.2 Å². The van der Waals surface area contributed by atoms with Gasteiger partial charge in [-0.05, 0) is 12.8 Å². The molecule has 2 amide bonds. The third-order valence-corrected chi connectivity index (χ3v) is 4.01. The zero-order valence-electron chi connectivity index (χ0n) is 9.24. The summed E-state index contributed by atoms with van der Waals surface area (Å²) in [4.78, 5) is 25.7. The quantitative estimate of drug-likeness (QED) is 0.596. The Bertz CT molecular complexity index is 327. The van der Waals surface area contributed by atoms with Crippen molar-refractivity contribution in [2.24, 2.45) is 11.8 Å². The molecule has 3 fully saturated rings. The predicted molar refractivity (Wildman–Crippen MR) is 57.6 cm³/mol. The Labute approximate surface area is 94.6 Å². The van der Waals surface area contributed by atoms with Crippen molar-refractivity contribution in [2.45, 2.75) is 18.9 Å². The van der Waals surface area contributed by atoms with Gasteiger partial charge in [0.2, 0.25) is 11.8 Å². The summed E-state index contributed by atoms with van der Waals surface area (Å²) in [7, 11) is 0. The van der Waals surface area contributed by atoms with E-state index in [1.807, 2.05) is 4.90 Å². The zero-order chi connectivity index (χ0) is 11.1. The van der Waals surface area contributed by atoms with Crippen LogP contribution in [0.4, 0.5) is 0 Å². The van der Waals surface area contributed by atoms with Crippen molar-refractivity contribution in [1.29, 1.82) is 0 Å². The molecule has 0 aromatic rings. The molecule has 0 aliphatic carbocycles. The molecule has 2 N–H and O–H groups in total. The molecule has 0 aromatic carbocycles. The molecule has 2 unspecified atom stereocenters. The highest BCUT2D eigenvalue weighted by molar-refractivity contribution is 5.85. The van der Waals surface area contributed by atoms with Gasteiger partial charge in [-0.1, -0.05) is 0 Å².